The molecule has 2 nitrogen and oxygen atoms in total. The van der Waals surface area contributed by atoms with E-state index >= 15 is 0 Å². The van der Waals surface area contributed by atoms with E-state index in [2.05, 4.69) is 0 Å². The molecule has 51 valence electrons. The van der Waals surface area contributed by atoms with Crippen molar-refractivity contribution in [1.29, 1.82) is 0 Å². The molecule has 0 aliphatic carbocycles. The SMILES string of the molecule is CC(=[OH+])/C=C(/C)O.[Cu]. The second-order valence-corrected chi connectivity index (χ2v) is 1.43. The molecule has 0 amide bonds. The molecule has 0 fully saturated rings. The van der Waals surface area contributed by atoms with Gasteiger partial charge in [0.25, 0.3) is 0 Å². The molecule has 3 heteroatoms. The van der Waals surface area contributed by atoms with E-state index in [9.17, 15) is 0 Å². The maximum absolute atomic E-state index is 8.40. The molecular formula is C5H9CuO2+. The van der Waals surface area contributed by atoms with Crippen LogP contribution in [0, 0.1) is 0 Å². The Morgan fingerprint density at radius 3 is 1.88 bits per heavy atom. The number of rotatable bonds is 1. The van der Waals surface area contributed by atoms with Gasteiger partial charge in [0.05, 0.1) is 18.8 Å². The number of aliphatic hydroxyl groups excluding tert-OH is 1. The van der Waals surface area contributed by atoms with Crippen molar-refractivity contribution in [2.24, 2.45) is 0 Å². The standard InChI is InChI=1S/C5H8O2.Cu/c1-4(6)3-5(2)7;/h3,6H,1-2H3;/p+1/b4-3-;. The molecule has 0 unspecified atom stereocenters. The van der Waals surface area contributed by atoms with Gasteiger partial charge in [-0.3, -0.25) is 4.79 Å². The summed E-state index contributed by atoms with van der Waals surface area (Å²) in [5, 5.41) is 8.40. The molecule has 0 aromatic carbocycles. The average molecular weight is 165 g/mol. The molecule has 0 atom stereocenters. The van der Waals surface area contributed by atoms with Gasteiger partial charge >= 0.3 is 5.78 Å². The van der Waals surface area contributed by atoms with Gasteiger partial charge in [-0.2, -0.15) is 0 Å². The Kier molecular flexibility index (Phi) is 6.50. The van der Waals surface area contributed by atoms with Gasteiger partial charge < -0.3 is 5.11 Å². The topological polar surface area (TPSA) is 41.6 Å². The van der Waals surface area contributed by atoms with E-state index in [1.54, 1.807) is 0 Å². The molecule has 0 aromatic heterocycles. The summed E-state index contributed by atoms with van der Waals surface area (Å²) in [6.07, 6.45) is 1.28. The molecule has 0 aromatic rings. The van der Waals surface area contributed by atoms with Gasteiger partial charge in [0, 0.05) is 17.1 Å². The first-order valence-corrected chi connectivity index (χ1v) is 2.02. The van der Waals surface area contributed by atoms with Crippen molar-refractivity contribution < 1.29 is 27.0 Å². The molecule has 0 rings (SSSR count). The minimum absolute atomic E-state index is 0. The van der Waals surface area contributed by atoms with E-state index in [4.69, 9.17) is 9.90 Å². The van der Waals surface area contributed by atoms with E-state index in [1.807, 2.05) is 0 Å². The zero-order valence-electron chi connectivity index (χ0n) is 4.77. The number of aliphatic hydroxyl groups is 1. The first-order valence-electron chi connectivity index (χ1n) is 2.02. The predicted octanol–water partition coefficient (Wildman–Crippen LogP) is 1.01. The van der Waals surface area contributed by atoms with Crippen LogP contribution in [0.15, 0.2) is 11.8 Å². The fourth-order valence-electron chi connectivity index (χ4n) is 0.302. The molecule has 2 N–H and O–H groups in total. The van der Waals surface area contributed by atoms with Gasteiger partial charge in [0.1, 0.15) is 0 Å². The molecule has 0 saturated carbocycles. The van der Waals surface area contributed by atoms with E-state index in [-0.39, 0.29) is 28.6 Å². The minimum Gasteiger partial charge on any atom is -0.512 e. The summed E-state index contributed by atoms with van der Waals surface area (Å²) in [7, 11) is 0. The molecule has 0 aliphatic rings. The molecule has 0 spiro atoms. The maximum Gasteiger partial charge on any atom is 0.316 e. The zero-order valence-corrected chi connectivity index (χ0v) is 5.71. The van der Waals surface area contributed by atoms with Crippen molar-refractivity contribution in [3.05, 3.63) is 11.8 Å². The molecule has 0 bridgehead atoms. The fourth-order valence-corrected chi connectivity index (χ4v) is 0.302. The van der Waals surface area contributed by atoms with Crippen molar-refractivity contribution in [1.82, 2.24) is 0 Å². The summed E-state index contributed by atoms with van der Waals surface area (Å²) in [6.45, 7) is 3.00. The number of carbonyl (C=O) groups excluding carboxylic acids is 1. The zero-order chi connectivity index (χ0) is 5.86. The van der Waals surface area contributed by atoms with Crippen LogP contribution in [0.5, 0.6) is 0 Å². The van der Waals surface area contributed by atoms with Crippen molar-refractivity contribution in [3.63, 3.8) is 0 Å². The van der Waals surface area contributed by atoms with Gasteiger partial charge in [-0.15, -0.1) is 0 Å². The molecular weight excluding hydrogens is 156 g/mol. The van der Waals surface area contributed by atoms with Crippen LogP contribution in [0.2, 0.25) is 0 Å². The monoisotopic (exact) mass is 164 g/mol. The van der Waals surface area contributed by atoms with Crippen LogP contribution >= 0.6 is 0 Å². The Hall–Kier alpha value is -0.271. The minimum atomic E-state index is 0. The molecule has 0 heterocycles. The van der Waals surface area contributed by atoms with E-state index < -0.39 is 0 Å². The van der Waals surface area contributed by atoms with Gasteiger partial charge in [-0.05, 0) is 6.92 Å². The number of hydrogen-bond acceptors (Lipinski definition) is 1. The third kappa shape index (κ3) is 9.21. The predicted molar refractivity (Wildman–Crippen MR) is 29.0 cm³/mol. The van der Waals surface area contributed by atoms with Gasteiger partial charge in [-0.1, -0.05) is 0 Å². The fraction of sp³-hybridized carbons (Fsp3) is 0.400. The first kappa shape index (κ1) is 10.7. The maximum atomic E-state index is 8.40. The van der Waals surface area contributed by atoms with Crippen LogP contribution in [0.1, 0.15) is 13.8 Å². The van der Waals surface area contributed by atoms with E-state index in [0.717, 1.165) is 0 Å². The smallest absolute Gasteiger partial charge is 0.316 e. The number of ketones is 1. The van der Waals surface area contributed by atoms with Crippen molar-refractivity contribution in [2.45, 2.75) is 13.8 Å². The summed E-state index contributed by atoms with van der Waals surface area (Å²) in [6, 6.07) is 0. The van der Waals surface area contributed by atoms with Crippen molar-refractivity contribution in [2.75, 3.05) is 0 Å². The first-order chi connectivity index (χ1) is 3.13. The summed E-state index contributed by atoms with van der Waals surface area (Å²) >= 11 is 0. The summed E-state index contributed by atoms with van der Waals surface area (Å²) in [5.74, 6) is 0.250. The largest absolute Gasteiger partial charge is 0.512 e. The van der Waals surface area contributed by atoms with Crippen molar-refractivity contribution in [3.8, 4) is 0 Å². The van der Waals surface area contributed by atoms with E-state index in [1.165, 1.54) is 19.9 Å². The Labute approximate surface area is 59.1 Å². The second-order valence-electron chi connectivity index (χ2n) is 1.43. The normalized spacial score (nSPS) is 10.0. The van der Waals surface area contributed by atoms with Crippen LogP contribution in [0.4, 0.5) is 0 Å². The summed E-state index contributed by atoms with van der Waals surface area (Å²) in [5.41, 5.74) is 0. The van der Waals surface area contributed by atoms with Crippen molar-refractivity contribution >= 4 is 5.78 Å². The molecule has 0 aliphatic heterocycles. The Bertz CT molecular complexity index is 103. The van der Waals surface area contributed by atoms with Crippen LogP contribution < -0.4 is 0 Å². The van der Waals surface area contributed by atoms with Crippen LogP contribution in [-0.2, 0) is 17.1 Å². The Morgan fingerprint density at radius 1 is 1.50 bits per heavy atom. The van der Waals surface area contributed by atoms with Gasteiger partial charge in [0.2, 0.25) is 0 Å². The molecule has 0 saturated heterocycles. The molecule has 1 radical (unpaired) electrons. The quantitative estimate of drug-likeness (QED) is 0.267. The average Bonchev–Trinajstić information content (AvgIpc) is 1.27. The Balaban J connectivity index is 0. The number of allylic oxidation sites excluding steroid dienone is 2. The third-order valence-electron chi connectivity index (χ3n) is 0.418. The van der Waals surface area contributed by atoms with Crippen LogP contribution in [0.25, 0.3) is 0 Å². The van der Waals surface area contributed by atoms with Gasteiger partial charge in [-0.25, -0.2) is 0 Å². The Morgan fingerprint density at radius 2 is 1.88 bits per heavy atom. The van der Waals surface area contributed by atoms with E-state index in [0.29, 0.717) is 0 Å². The second kappa shape index (κ2) is 4.88. The molecule has 8 heavy (non-hydrogen) atoms. The number of hydrogen-bond donors (Lipinski definition) is 1. The van der Waals surface area contributed by atoms with Gasteiger partial charge in [0.15, 0.2) is 0 Å². The summed E-state index contributed by atoms with van der Waals surface area (Å²) in [4.78, 5) is 8.40. The third-order valence-corrected chi connectivity index (χ3v) is 0.418. The summed E-state index contributed by atoms with van der Waals surface area (Å²) < 4.78 is 0. The van der Waals surface area contributed by atoms with Crippen LogP contribution in [0.3, 0.4) is 0 Å². The van der Waals surface area contributed by atoms with Crippen LogP contribution in [-0.4, -0.2) is 15.7 Å².